The molecule has 0 aliphatic heterocycles. The van der Waals surface area contributed by atoms with Crippen molar-refractivity contribution in [1.82, 2.24) is 10.9 Å². The Kier molecular flexibility index (Phi) is 6.07. The molecular formula is C21H17ClN2O3. The molecule has 0 aliphatic carbocycles. The number of benzene rings is 3. The third-order valence-electron chi connectivity index (χ3n) is 3.74. The van der Waals surface area contributed by atoms with Gasteiger partial charge in [0, 0.05) is 11.1 Å². The van der Waals surface area contributed by atoms with Crippen molar-refractivity contribution in [2.75, 3.05) is 6.61 Å². The maximum atomic E-state index is 11.8. The Balaban J connectivity index is 1.46. The Morgan fingerprint density at radius 3 is 2.48 bits per heavy atom. The number of nitrogens with one attached hydrogen (secondary N) is 2. The second-order valence-electron chi connectivity index (χ2n) is 5.69. The van der Waals surface area contributed by atoms with Crippen LogP contribution in [-0.4, -0.2) is 18.4 Å². The highest BCUT2D eigenvalue weighted by Crippen LogP contribution is 2.20. The summed E-state index contributed by atoms with van der Waals surface area (Å²) >= 11 is 6.00. The standard InChI is InChI=1S/C21H17ClN2O3/c22-19-8-4-3-6-16(19)10-12-20(25)23-24-21(26)14-27-18-11-9-15-5-1-2-7-17(15)13-18/h1-13H,14H2,(H,23,25)(H,24,26). The molecule has 0 saturated heterocycles. The first-order valence-electron chi connectivity index (χ1n) is 8.25. The topological polar surface area (TPSA) is 67.4 Å². The third-order valence-corrected chi connectivity index (χ3v) is 4.08. The van der Waals surface area contributed by atoms with Crippen LogP contribution in [0.5, 0.6) is 5.75 Å². The first-order chi connectivity index (χ1) is 13.1. The van der Waals surface area contributed by atoms with Crippen molar-refractivity contribution in [3.8, 4) is 5.75 Å². The quantitative estimate of drug-likeness (QED) is 0.523. The number of hydrazine groups is 1. The van der Waals surface area contributed by atoms with Crippen LogP contribution in [0.2, 0.25) is 5.02 Å². The molecule has 0 aromatic heterocycles. The van der Waals surface area contributed by atoms with Gasteiger partial charge in [0.15, 0.2) is 6.61 Å². The lowest BCUT2D eigenvalue weighted by Crippen LogP contribution is -2.43. The van der Waals surface area contributed by atoms with Gasteiger partial charge in [0.05, 0.1) is 0 Å². The smallest absolute Gasteiger partial charge is 0.276 e. The Hall–Kier alpha value is -3.31. The summed E-state index contributed by atoms with van der Waals surface area (Å²) in [5.41, 5.74) is 5.29. The van der Waals surface area contributed by atoms with Crippen LogP contribution in [0.25, 0.3) is 16.8 Å². The summed E-state index contributed by atoms with van der Waals surface area (Å²) in [6.07, 6.45) is 2.85. The van der Waals surface area contributed by atoms with Crippen LogP contribution in [0.3, 0.4) is 0 Å². The Morgan fingerprint density at radius 2 is 1.67 bits per heavy atom. The summed E-state index contributed by atoms with van der Waals surface area (Å²) in [6, 6.07) is 20.5. The number of carbonyl (C=O) groups is 2. The molecule has 3 aromatic rings. The molecule has 0 heterocycles. The molecule has 0 fully saturated rings. The summed E-state index contributed by atoms with van der Waals surface area (Å²) in [4.78, 5) is 23.6. The second-order valence-corrected chi connectivity index (χ2v) is 6.10. The van der Waals surface area contributed by atoms with E-state index in [9.17, 15) is 9.59 Å². The predicted octanol–water partition coefficient (Wildman–Crippen LogP) is 3.73. The normalized spacial score (nSPS) is 10.7. The average molecular weight is 381 g/mol. The molecule has 2 amide bonds. The maximum absolute atomic E-state index is 11.8. The first kappa shape index (κ1) is 18.5. The average Bonchev–Trinajstić information content (AvgIpc) is 2.70. The van der Waals surface area contributed by atoms with Crippen molar-refractivity contribution < 1.29 is 14.3 Å². The molecule has 0 bridgehead atoms. The number of halogens is 1. The molecular weight excluding hydrogens is 364 g/mol. The highest BCUT2D eigenvalue weighted by molar-refractivity contribution is 6.32. The third kappa shape index (κ3) is 5.33. The molecule has 2 N–H and O–H groups in total. The number of carbonyl (C=O) groups excluding carboxylic acids is 2. The van der Waals surface area contributed by atoms with E-state index in [4.69, 9.17) is 16.3 Å². The number of hydrogen-bond donors (Lipinski definition) is 2. The molecule has 0 saturated carbocycles. The Bertz CT molecular complexity index is 1000. The number of hydrogen-bond acceptors (Lipinski definition) is 3. The molecule has 136 valence electrons. The van der Waals surface area contributed by atoms with E-state index in [1.165, 1.54) is 6.08 Å². The summed E-state index contributed by atoms with van der Waals surface area (Å²) < 4.78 is 5.45. The minimum atomic E-state index is -0.478. The fraction of sp³-hybridized carbons (Fsp3) is 0.0476. The van der Waals surface area contributed by atoms with E-state index in [1.54, 1.807) is 30.3 Å². The maximum Gasteiger partial charge on any atom is 0.276 e. The lowest BCUT2D eigenvalue weighted by atomic mass is 10.1. The molecule has 0 radical (unpaired) electrons. The summed E-state index contributed by atoms with van der Waals surface area (Å²) in [7, 11) is 0. The van der Waals surface area contributed by atoms with Crippen molar-refractivity contribution in [2.24, 2.45) is 0 Å². The number of fused-ring (bicyclic) bond motifs is 1. The molecule has 6 heteroatoms. The molecule has 0 atom stereocenters. The van der Waals surface area contributed by atoms with Crippen LogP contribution in [-0.2, 0) is 9.59 Å². The van der Waals surface area contributed by atoms with Gasteiger partial charge in [-0.1, -0.05) is 60.1 Å². The zero-order valence-corrected chi connectivity index (χ0v) is 15.1. The zero-order chi connectivity index (χ0) is 19.1. The lowest BCUT2D eigenvalue weighted by Gasteiger charge is -2.08. The van der Waals surface area contributed by atoms with Gasteiger partial charge in [0.1, 0.15) is 5.75 Å². The van der Waals surface area contributed by atoms with Crippen LogP contribution in [0.4, 0.5) is 0 Å². The highest BCUT2D eigenvalue weighted by atomic mass is 35.5. The van der Waals surface area contributed by atoms with Crippen molar-refractivity contribution in [3.05, 3.63) is 83.4 Å². The fourth-order valence-electron chi connectivity index (χ4n) is 2.39. The fourth-order valence-corrected chi connectivity index (χ4v) is 2.59. The monoisotopic (exact) mass is 380 g/mol. The minimum Gasteiger partial charge on any atom is -0.484 e. The van der Waals surface area contributed by atoms with E-state index in [2.05, 4.69) is 10.9 Å². The van der Waals surface area contributed by atoms with E-state index in [0.717, 1.165) is 10.8 Å². The van der Waals surface area contributed by atoms with Crippen LogP contribution in [0, 0.1) is 0 Å². The van der Waals surface area contributed by atoms with Crippen molar-refractivity contribution >= 4 is 40.3 Å². The van der Waals surface area contributed by atoms with Gasteiger partial charge in [0.25, 0.3) is 11.8 Å². The first-order valence-corrected chi connectivity index (χ1v) is 8.62. The van der Waals surface area contributed by atoms with Crippen LogP contribution < -0.4 is 15.6 Å². The van der Waals surface area contributed by atoms with E-state index in [-0.39, 0.29) is 6.61 Å². The Labute approximate surface area is 161 Å². The van der Waals surface area contributed by atoms with Gasteiger partial charge in [0.2, 0.25) is 0 Å². The molecule has 3 rings (SSSR count). The lowest BCUT2D eigenvalue weighted by molar-refractivity contribution is -0.128. The summed E-state index contributed by atoms with van der Waals surface area (Å²) in [6.45, 7) is -0.215. The summed E-state index contributed by atoms with van der Waals surface area (Å²) in [5.74, 6) is -0.370. The largest absolute Gasteiger partial charge is 0.484 e. The van der Waals surface area contributed by atoms with Gasteiger partial charge in [-0.15, -0.1) is 0 Å². The van der Waals surface area contributed by atoms with Crippen LogP contribution in [0.1, 0.15) is 5.56 Å². The predicted molar refractivity (Wildman–Crippen MR) is 106 cm³/mol. The molecule has 0 spiro atoms. The van der Waals surface area contributed by atoms with E-state index in [0.29, 0.717) is 16.3 Å². The second kappa shape index (κ2) is 8.87. The SMILES string of the molecule is O=C(C=Cc1ccccc1Cl)NNC(=O)COc1ccc2ccccc2c1. The van der Waals surface area contributed by atoms with Crippen molar-refractivity contribution in [3.63, 3.8) is 0 Å². The van der Waals surface area contributed by atoms with E-state index >= 15 is 0 Å². The van der Waals surface area contributed by atoms with Gasteiger partial charge >= 0.3 is 0 Å². The summed E-state index contributed by atoms with van der Waals surface area (Å²) in [5, 5.41) is 2.65. The zero-order valence-electron chi connectivity index (χ0n) is 14.3. The van der Waals surface area contributed by atoms with E-state index < -0.39 is 11.8 Å². The molecule has 27 heavy (non-hydrogen) atoms. The molecule has 0 aliphatic rings. The Morgan fingerprint density at radius 1 is 0.926 bits per heavy atom. The molecule has 3 aromatic carbocycles. The van der Waals surface area contributed by atoms with Gasteiger partial charge in [-0.05, 0) is 40.6 Å². The number of ether oxygens (including phenoxy) is 1. The van der Waals surface area contributed by atoms with Gasteiger partial charge in [-0.3, -0.25) is 20.4 Å². The minimum absolute atomic E-state index is 0.215. The van der Waals surface area contributed by atoms with Crippen molar-refractivity contribution in [1.29, 1.82) is 0 Å². The van der Waals surface area contributed by atoms with Crippen LogP contribution >= 0.6 is 11.6 Å². The number of amides is 2. The molecule has 5 nitrogen and oxygen atoms in total. The number of rotatable bonds is 5. The van der Waals surface area contributed by atoms with Crippen molar-refractivity contribution in [2.45, 2.75) is 0 Å². The van der Waals surface area contributed by atoms with Gasteiger partial charge in [-0.25, -0.2) is 0 Å². The van der Waals surface area contributed by atoms with Crippen LogP contribution in [0.15, 0.2) is 72.8 Å². The van der Waals surface area contributed by atoms with Gasteiger partial charge in [-0.2, -0.15) is 0 Å². The van der Waals surface area contributed by atoms with Gasteiger partial charge < -0.3 is 4.74 Å². The van der Waals surface area contributed by atoms with E-state index in [1.807, 2.05) is 42.5 Å². The highest BCUT2D eigenvalue weighted by Gasteiger charge is 2.05. The molecule has 0 unspecified atom stereocenters.